The minimum Gasteiger partial charge on any atom is -0.292 e. The highest BCUT2D eigenvalue weighted by Crippen LogP contribution is 2.44. The van der Waals surface area contributed by atoms with Crippen molar-refractivity contribution in [2.24, 2.45) is 11.0 Å². The summed E-state index contributed by atoms with van der Waals surface area (Å²) in [5, 5.41) is 3.32. The van der Waals surface area contributed by atoms with Gasteiger partial charge in [-0.05, 0) is 40.2 Å². The summed E-state index contributed by atoms with van der Waals surface area (Å²) in [4.78, 5) is 14.8. The van der Waals surface area contributed by atoms with E-state index in [2.05, 4.69) is 41.2 Å². The van der Waals surface area contributed by atoms with Crippen molar-refractivity contribution in [2.45, 2.75) is 25.2 Å². The van der Waals surface area contributed by atoms with Crippen molar-refractivity contribution in [2.75, 3.05) is 0 Å². The maximum absolute atomic E-state index is 12.1. The normalized spacial score (nSPS) is 23.2. The lowest BCUT2D eigenvalue weighted by molar-refractivity contribution is -0.122. The number of hydrogen-bond acceptors (Lipinski definition) is 1. The van der Waals surface area contributed by atoms with Gasteiger partial charge in [0.15, 0.2) is 0 Å². The first-order chi connectivity index (χ1) is 10.6. The highest BCUT2D eigenvalue weighted by molar-refractivity contribution is 5.80. The zero-order valence-corrected chi connectivity index (χ0v) is 12.4. The van der Waals surface area contributed by atoms with Gasteiger partial charge < -0.3 is 0 Å². The molecule has 0 saturated carbocycles. The lowest BCUT2D eigenvalue weighted by Gasteiger charge is -2.39. The number of carbonyl (C=O) groups excluding carboxylic acids is 1. The predicted octanol–water partition coefficient (Wildman–Crippen LogP) is 4.39. The third-order valence-corrected chi connectivity index (χ3v) is 4.64. The second kappa shape index (κ2) is 5.66. The number of rotatable bonds is 2. The minimum atomic E-state index is -0.362. The van der Waals surface area contributed by atoms with Crippen LogP contribution in [0.2, 0.25) is 0 Å². The predicted molar refractivity (Wildman–Crippen MR) is 85.3 cm³/mol. The summed E-state index contributed by atoms with van der Waals surface area (Å²) in [5.74, 6) is -0.629. The van der Waals surface area contributed by atoms with E-state index in [1.807, 2.05) is 30.3 Å². The topological polar surface area (TPSA) is 65.8 Å². The molecule has 1 aliphatic rings. The first kappa shape index (κ1) is 14.4. The maximum Gasteiger partial charge on any atom is 0.222 e. The average molecular weight is 291 g/mol. The van der Waals surface area contributed by atoms with Crippen molar-refractivity contribution in [1.82, 2.24) is 0 Å². The van der Waals surface area contributed by atoms with Gasteiger partial charge in [0.2, 0.25) is 5.91 Å². The lowest BCUT2D eigenvalue weighted by Crippen LogP contribution is -2.36. The molecular weight excluding hydrogens is 274 g/mol. The summed E-state index contributed by atoms with van der Waals surface area (Å²) in [7, 11) is 0. The summed E-state index contributed by atoms with van der Waals surface area (Å²) >= 11 is 0. The van der Waals surface area contributed by atoms with Crippen LogP contribution in [0, 0.1) is 5.92 Å². The average Bonchev–Trinajstić information content (AvgIpc) is 2.56. The molecule has 0 unspecified atom stereocenters. The summed E-state index contributed by atoms with van der Waals surface area (Å²) in [5.41, 5.74) is 11.9. The van der Waals surface area contributed by atoms with E-state index in [0.29, 0.717) is 12.8 Å². The zero-order valence-electron chi connectivity index (χ0n) is 12.4. The van der Waals surface area contributed by atoms with Gasteiger partial charge in [0.25, 0.3) is 0 Å². The third kappa shape index (κ3) is 2.38. The summed E-state index contributed by atoms with van der Waals surface area (Å²) in [6, 6.07) is 18.4. The molecule has 4 heteroatoms. The molecule has 3 rings (SSSR count). The van der Waals surface area contributed by atoms with Crippen LogP contribution in [0.1, 0.15) is 30.0 Å². The highest BCUT2D eigenvalue weighted by atomic mass is 16.1. The van der Waals surface area contributed by atoms with E-state index in [0.717, 1.165) is 5.56 Å². The van der Waals surface area contributed by atoms with Crippen molar-refractivity contribution in [3.63, 3.8) is 0 Å². The van der Waals surface area contributed by atoms with Crippen LogP contribution in [0.3, 0.4) is 0 Å². The van der Waals surface area contributed by atoms with Gasteiger partial charge in [0, 0.05) is 16.2 Å². The molecule has 0 N–H and O–H groups in total. The quantitative estimate of drug-likeness (QED) is 0.459. The molecule has 0 aliphatic heterocycles. The molecule has 4 nitrogen and oxygen atoms in total. The Morgan fingerprint density at radius 2 is 1.86 bits per heavy atom. The molecule has 2 atom stereocenters. The second-order valence-electron chi connectivity index (χ2n) is 5.99. The molecule has 0 radical (unpaired) electrons. The summed E-state index contributed by atoms with van der Waals surface area (Å²) < 4.78 is 0. The van der Waals surface area contributed by atoms with Gasteiger partial charge in [-0.1, -0.05) is 61.5 Å². The van der Waals surface area contributed by atoms with Gasteiger partial charge in [-0.25, -0.2) is 0 Å². The van der Waals surface area contributed by atoms with E-state index in [-0.39, 0.29) is 17.2 Å². The number of hydrogen-bond donors (Lipinski definition) is 0. The van der Waals surface area contributed by atoms with Crippen molar-refractivity contribution >= 4 is 5.91 Å². The first-order valence-corrected chi connectivity index (χ1v) is 7.38. The van der Waals surface area contributed by atoms with Crippen molar-refractivity contribution < 1.29 is 4.79 Å². The van der Waals surface area contributed by atoms with Crippen LogP contribution in [0.15, 0.2) is 59.7 Å². The number of benzene rings is 2. The Bertz CT molecular complexity index is 750. The third-order valence-electron chi connectivity index (χ3n) is 4.64. The SMILES string of the molecule is C[C@@]1(c2ccccc2)C[C@H](C(=O)N=[N+]=[N-])Cc2ccccc21. The van der Waals surface area contributed by atoms with Crippen LogP contribution in [-0.4, -0.2) is 5.91 Å². The summed E-state index contributed by atoms with van der Waals surface area (Å²) in [6.07, 6.45) is 1.29. The largest absolute Gasteiger partial charge is 0.292 e. The molecule has 0 saturated heterocycles. The van der Waals surface area contributed by atoms with Gasteiger partial charge >= 0.3 is 0 Å². The van der Waals surface area contributed by atoms with Gasteiger partial charge in [0.1, 0.15) is 0 Å². The maximum atomic E-state index is 12.1. The van der Waals surface area contributed by atoms with E-state index in [1.165, 1.54) is 11.1 Å². The Morgan fingerprint density at radius 1 is 1.18 bits per heavy atom. The Morgan fingerprint density at radius 3 is 2.59 bits per heavy atom. The van der Waals surface area contributed by atoms with E-state index in [4.69, 9.17) is 5.53 Å². The summed E-state index contributed by atoms with van der Waals surface area (Å²) in [6.45, 7) is 2.16. The number of carbonyl (C=O) groups is 1. The molecule has 110 valence electrons. The second-order valence-corrected chi connectivity index (χ2v) is 5.99. The molecule has 1 aliphatic carbocycles. The number of nitrogens with zero attached hydrogens (tertiary/aromatic N) is 3. The molecular formula is C18H17N3O. The van der Waals surface area contributed by atoms with E-state index < -0.39 is 0 Å². The van der Waals surface area contributed by atoms with E-state index in [9.17, 15) is 4.79 Å². The van der Waals surface area contributed by atoms with Gasteiger partial charge in [-0.15, -0.1) is 0 Å². The highest BCUT2D eigenvalue weighted by Gasteiger charge is 2.39. The number of amides is 1. The molecule has 1 amide bonds. The lowest BCUT2D eigenvalue weighted by atomic mass is 9.64. The van der Waals surface area contributed by atoms with Crippen molar-refractivity contribution in [3.05, 3.63) is 81.7 Å². The Kier molecular flexibility index (Phi) is 3.70. The molecule has 0 fully saturated rings. The molecule has 2 aromatic carbocycles. The van der Waals surface area contributed by atoms with Crippen LogP contribution < -0.4 is 0 Å². The first-order valence-electron chi connectivity index (χ1n) is 7.38. The Hall–Kier alpha value is -2.58. The smallest absolute Gasteiger partial charge is 0.222 e. The molecule has 0 aromatic heterocycles. The van der Waals surface area contributed by atoms with Crippen molar-refractivity contribution in [3.8, 4) is 0 Å². The minimum absolute atomic E-state index is 0.249. The fraction of sp³-hybridized carbons (Fsp3) is 0.278. The van der Waals surface area contributed by atoms with Crippen molar-refractivity contribution in [1.29, 1.82) is 0 Å². The Balaban J connectivity index is 2.12. The van der Waals surface area contributed by atoms with Gasteiger partial charge in [0.05, 0.1) is 0 Å². The number of azide groups is 1. The monoisotopic (exact) mass is 291 g/mol. The molecule has 2 aromatic rings. The number of fused-ring (bicyclic) bond motifs is 1. The molecule has 0 bridgehead atoms. The molecule has 22 heavy (non-hydrogen) atoms. The Labute approximate surface area is 129 Å². The molecule has 0 spiro atoms. The zero-order chi connectivity index (χ0) is 15.6. The van der Waals surface area contributed by atoms with Crippen LogP contribution in [-0.2, 0) is 16.6 Å². The fourth-order valence-electron chi connectivity index (χ4n) is 3.56. The fourth-order valence-corrected chi connectivity index (χ4v) is 3.56. The molecule has 0 heterocycles. The van der Waals surface area contributed by atoms with Crippen LogP contribution in [0.4, 0.5) is 0 Å². The van der Waals surface area contributed by atoms with Gasteiger partial charge in [-0.3, -0.25) is 4.79 Å². The van der Waals surface area contributed by atoms with Gasteiger partial charge in [-0.2, -0.15) is 0 Å². The van der Waals surface area contributed by atoms with Crippen LogP contribution >= 0.6 is 0 Å². The standard InChI is InChI=1S/C18H17N3O/c1-18(15-8-3-2-4-9-15)12-14(17(22)20-21-19)11-13-7-5-6-10-16(13)18/h2-10,14H,11-12H2,1H3/t14-,18+/m1/s1. The van der Waals surface area contributed by atoms with Crippen LogP contribution in [0.25, 0.3) is 10.4 Å². The van der Waals surface area contributed by atoms with E-state index in [1.54, 1.807) is 0 Å². The van der Waals surface area contributed by atoms with E-state index >= 15 is 0 Å². The van der Waals surface area contributed by atoms with Crippen LogP contribution in [0.5, 0.6) is 0 Å².